The van der Waals surface area contributed by atoms with Crippen LogP contribution in [0.1, 0.15) is 10.4 Å². The van der Waals surface area contributed by atoms with Gasteiger partial charge in [0, 0.05) is 6.07 Å². The van der Waals surface area contributed by atoms with Crippen LogP contribution in [0.4, 0.5) is 11.4 Å². The molecule has 2 aromatic carbocycles. The molecule has 0 radical (unpaired) electrons. The smallest absolute Gasteiger partial charge is 0.335 e. The molecule has 0 atom stereocenters. The number of ether oxygens (including phenoxy) is 1. The summed E-state index contributed by atoms with van der Waals surface area (Å²) in [5, 5.41) is 40.1. The molecule has 0 amide bonds. The highest BCUT2D eigenvalue weighted by atomic mass is 16.6. The van der Waals surface area contributed by atoms with Crippen molar-refractivity contribution in [1.29, 1.82) is 0 Å². The van der Waals surface area contributed by atoms with Gasteiger partial charge in [0.25, 0.3) is 5.69 Å². The first-order valence-electron chi connectivity index (χ1n) is 5.96. The summed E-state index contributed by atoms with van der Waals surface area (Å²) in [5.74, 6) is -2.38. The van der Waals surface area contributed by atoms with Gasteiger partial charge in [0.2, 0.25) is 5.75 Å². The molecule has 0 spiro atoms. The lowest BCUT2D eigenvalue weighted by molar-refractivity contribution is -0.394. The Bertz CT molecular complexity index is 818. The van der Waals surface area contributed by atoms with E-state index in [1.165, 1.54) is 0 Å². The molecule has 0 aliphatic carbocycles. The van der Waals surface area contributed by atoms with Crippen LogP contribution in [0.3, 0.4) is 0 Å². The number of hydrogen-bond donors (Lipinski definition) is 2. The van der Waals surface area contributed by atoms with E-state index in [1.54, 1.807) is 0 Å². The number of non-ortho nitro benzene ring substituents is 1. The highest BCUT2D eigenvalue weighted by Crippen LogP contribution is 2.37. The van der Waals surface area contributed by atoms with Gasteiger partial charge in [0.15, 0.2) is 11.5 Å². The average molecular weight is 320 g/mol. The number of benzene rings is 2. The van der Waals surface area contributed by atoms with E-state index < -0.39 is 32.9 Å². The monoisotopic (exact) mass is 320 g/mol. The number of phenols is 1. The number of carboxylic acids is 1. The Kier molecular flexibility index (Phi) is 4.07. The van der Waals surface area contributed by atoms with Crippen LogP contribution in [0.15, 0.2) is 36.4 Å². The van der Waals surface area contributed by atoms with Gasteiger partial charge < -0.3 is 14.9 Å². The zero-order chi connectivity index (χ0) is 17.1. The molecule has 0 bridgehead atoms. The molecule has 118 valence electrons. The van der Waals surface area contributed by atoms with Crippen molar-refractivity contribution in [3.8, 4) is 17.2 Å². The van der Waals surface area contributed by atoms with Crippen molar-refractivity contribution >= 4 is 17.3 Å². The van der Waals surface area contributed by atoms with Gasteiger partial charge in [0.1, 0.15) is 0 Å². The third-order valence-corrected chi connectivity index (χ3v) is 2.78. The Balaban J connectivity index is 2.42. The number of nitro benzene ring substituents is 2. The largest absolute Gasteiger partial charge is 0.504 e. The number of nitro groups is 2. The first-order valence-corrected chi connectivity index (χ1v) is 5.96. The molecule has 0 saturated carbocycles. The maximum absolute atomic E-state index is 11.0. The van der Waals surface area contributed by atoms with Crippen molar-refractivity contribution in [2.45, 2.75) is 0 Å². The van der Waals surface area contributed by atoms with Crippen molar-refractivity contribution in [2.24, 2.45) is 0 Å². The van der Waals surface area contributed by atoms with Crippen LogP contribution in [0.25, 0.3) is 0 Å². The second kappa shape index (κ2) is 5.97. The number of carboxylic acid groups (broad SMARTS) is 1. The second-order valence-corrected chi connectivity index (χ2v) is 4.26. The number of hydrogen-bond acceptors (Lipinski definition) is 7. The van der Waals surface area contributed by atoms with Gasteiger partial charge in [-0.2, -0.15) is 0 Å². The normalized spacial score (nSPS) is 10.1. The molecule has 0 fully saturated rings. The molecule has 23 heavy (non-hydrogen) atoms. The van der Waals surface area contributed by atoms with E-state index in [0.29, 0.717) is 0 Å². The molecule has 10 heteroatoms. The van der Waals surface area contributed by atoms with Crippen molar-refractivity contribution in [1.82, 2.24) is 0 Å². The van der Waals surface area contributed by atoms with Crippen LogP contribution >= 0.6 is 0 Å². The zero-order valence-electron chi connectivity index (χ0n) is 11.2. The number of carbonyl (C=O) groups is 1. The third kappa shape index (κ3) is 3.32. The molecule has 0 heterocycles. The van der Waals surface area contributed by atoms with E-state index in [1.807, 2.05) is 0 Å². The maximum Gasteiger partial charge on any atom is 0.335 e. The molecule has 2 rings (SSSR count). The molecule has 0 aliphatic heterocycles. The first kappa shape index (κ1) is 15.7. The van der Waals surface area contributed by atoms with E-state index in [4.69, 9.17) is 9.84 Å². The van der Waals surface area contributed by atoms with Gasteiger partial charge in [-0.25, -0.2) is 4.79 Å². The van der Waals surface area contributed by atoms with Crippen molar-refractivity contribution in [3.05, 3.63) is 62.2 Å². The summed E-state index contributed by atoms with van der Waals surface area (Å²) in [6, 6.07) is 5.90. The minimum absolute atomic E-state index is 0.201. The molecule has 0 unspecified atom stereocenters. The van der Waals surface area contributed by atoms with E-state index in [0.717, 1.165) is 36.4 Å². The number of aromatic hydroxyl groups is 1. The van der Waals surface area contributed by atoms with Crippen molar-refractivity contribution in [2.75, 3.05) is 0 Å². The van der Waals surface area contributed by atoms with Gasteiger partial charge >= 0.3 is 11.7 Å². The van der Waals surface area contributed by atoms with Gasteiger partial charge in [-0.05, 0) is 24.3 Å². The Morgan fingerprint density at radius 1 is 1.00 bits per heavy atom. The highest BCUT2D eigenvalue weighted by Gasteiger charge is 2.22. The summed E-state index contributed by atoms with van der Waals surface area (Å²) in [6.07, 6.45) is 0. The number of rotatable bonds is 5. The van der Waals surface area contributed by atoms with Gasteiger partial charge in [0.05, 0.1) is 21.5 Å². The lowest BCUT2D eigenvalue weighted by Gasteiger charge is -2.08. The molecule has 2 N–H and O–H groups in total. The van der Waals surface area contributed by atoms with Crippen LogP contribution in [0.5, 0.6) is 17.2 Å². The number of nitrogens with zero attached hydrogens (tertiary/aromatic N) is 2. The first-order chi connectivity index (χ1) is 10.8. The molecule has 0 saturated heterocycles. The minimum Gasteiger partial charge on any atom is -0.504 e. The van der Waals surface area contributed by atoms with Crippen molar-refractivity contribution < 1.29 is 29.6 Å². The van der Waals surface area contributed by atoms with E-state index >= 15 is 0 Å². The minimum atomic E-state index is -1.27. The fraction of sp³-hybridized carbons (Fsp3) is 0. The fourth-order valence-electron chi connectivity index (χ4n) is 1.70. The van der Waals surface area contributed by atoms with E-state index in [2.05, 4.69) is 0 Å². The summed E-state index contributed by atoms with van der Waals surface area (Å²) >= 11 is 0. The zero-order valence-corrected chi connectivity index (χ0v) is 11.2. The van der Waals surface area contributed by atoms with Crippen LogP contribution < -0.4 is 4.74 Å². The van der Waals surface area contributed by atoms with Crippen LogP contribution in [0.2, 0.25) is 0 Å². The predicted octanol–water partition coefficient (Wildman–Crippen LogP) is 2.70. The fourth-order valence-corrected chi connectivity index (χ4v) is 1.70. The van der Waals surface area contributed by atoms with Gasteiger partial charge in [-0.15, -0.1) is 0 Å². The number of phenolic OH excluding ortho intramolecular Hbond substituents is 1. The highest BCUT2D eigenvalue weighted by molar-refractivity contribution is 5.88. The van der Waals surface area contributed by atoms with Gasteiger partial charge in [-0.3, -0.25) is 20.2 Å². The van der Waals surface area contributed by atoms with Crippen LogP contribution in [0, 0.1) is 20.2 Å². The summed E-state index contributed by atoms with van der Waals surface area (Å²) in [5.41, 5.74) is -1.36. The Labute approximate surface area is 127 Å². The van der Waals surface area contributed by atoms with Crippen LogP contribution in [-0.4, -0.2) is 26.0 Å². The molecule has 2 aromatic rings. The average Bonchev–Trinajstić information content (AvgIpc) is 2.48. The standard InChI is InChI=1S/C13H8N2O8/c16-10-5-7(13(17)18)1-3-12(10)23-11-4-2-8(14(19)20)6-9(11)15(21)22/h1-6,16H,(H,17,18). The summed E-state index contributed by atoms with van der Waals surface area (Å²) < 4.78 is 5.16. The molecule has 0 aromatic heterocycles. The topological polar surface area (TPSA) is 153 Å². The summed E-state index contributed by atoms with van der Waals surface area (Å²) in [7, 11) is 0. The SMILES string of the molecule is O=C(O)c1ccc(Oc2ccc([N+](=O)[O-])cc2[N+](=O)[O-])c(O)c1. The van der Waals surface area contributed by atoms with E-state index in [9.17, 15) is 30.1 Å². The van der Waals surface area contributed by atoms with Crippen molar-refractivity contribution in [3.63, 3.8) is 0 Å². The Hall–Kier alpha value is -3.69. The lowest BCUT2D eigenvalue weighted by atomic mass is 10.2. The molecular formula is C13H8N2O8. The number of aromatic carboxylic acids is 1. The van der Waals surface area contributed by atoms with E-state index in [-0.39, 0.29) is 17.1 Å². The summed E-state index contributed by atoms with van der Waals surface area (Å²) in [6.45, 7) is 0. The molecule has 0 aliphatic rings. The van der Waals surface area contributed by atoms with Crippen LogP contribution in [-0.2, 0) is 0 Å². The lowest BCUT2D eigenvalue weighted by Crippen LogP contribution is -1.98. The predicted molar refractivity (Wildman–Crippen MR) is 74.9 cm³/mol. The molecule has 10 nitrogen and oxygen atoms in total. The Morgan fingerprint density at radius 3 is 2.17 bits per heavy atom. The second-order valence-electron chi connectivity index (χ2n) is 4.26. The quantitative estimate of drug-likeness (QED) is 0.629. The maximum atomic E-state index is 11.0. The Morgan fingerprint density at radius 2 is 1.65 bits per heavy atom. The summed E-state index contributed by atoms with van der Waals surface area (Å²) in [4.78, 5) is 30.7. The third-order valence-electron chi connectivity index (χ3n) is 2.78. The van der Waals surface area contributed by atoms with Gasteiger partial charge in [-0.1, -0.05) is 0 Å². The molecular weight excluding hydrogens is 312 g/mol.